The van der Waals surface area contributed by atoms with E-state index < -0.39 is 4.92 Å². The molecule has 0 N–H and O–H groups in total. The molecule has 0 fully saturated rings. The highest BCUT2D eigenvalue weighted by atomic mass is 79.9. The SMILES string of the molecule is CC(C)Cn1cc(/C=C/[N+](=O)[O-])c2cc(F)c(Br)cc21. The van der Waals surface area contributed by atoms with Gasteiger partial charge in [0.05, 0.1) is 9.40 Å². The molecular weight excluding hydrogens is 327 g/mol. The maximum Gasteiger partial charge on any atom is 0.235 e. The summed E-state index contributed by atoms with van der Waals surface area (Å²) in [6.45, 7) is 4.93. The number of hydrogen-bond acceptors (Lipinski definition) is 2. The highest BCUT2D eigenvalue weighted by Crippen LogP contribution is 2.29. The Hall–Kier alpha value is -1.69. The predicted octanol–water partition coefficient (Wildman–Crippen LogP) is 4.45. The van der Waals surface area contributed by atoms with E-state index in [0.717, 1.165) is 18.3 Å². The molecule has 1 aromatic carbocycles. The normalized spacial score (nSPS) is 11.8. The first kappa shape index (κ1) is 14.7. The quantitative estimate of drug-likeness (QED) is 0.609. The minimum absolute atomic E-state index is 0.379. The lowest BCUT2D eigenvalue weighted by Crippen LogP contribution is -2.02. The van der Waals surface area contributed by atoms with E-state index in [1.54, 1.807) is 6.07 Å². The molecule has 0 amide bonds. The van der Waals surface area contributed by atoms with E-state index in [9.17, 15) is 14.5 Å². The Morgan fingerprint density at radius 2 is 2.20 bits per heavy atom. The van der Waals surface area contributed by atoms with Crippen LogP contribution in [0.1, 0.15) is 19.4 Å². The van der Waals surface area contributed by atoms with Gasteiger partial charge in [-0.3, -0.25) is 10.1 Å². The molecule has 1 heterocycles. The molecule has 0 atom stereocenters. The Kier molecular flexibility index (Phi) is 4.23. The molecule has 6 heteroatoms. The van der Waals surface area contributed by atoms with E-state index in [0.29, 0.717) is 21.3 Å². The molecule has 0 saturated carbocycles. The Morgan fingerprint density at radius 3 is 2.80 bits per heavy atom. The third kappa shape index (κ3) is 3.07. The molecule has 1 aromatic heterocycles. The van der Waals surface area contributed by atoms with Crippen LogP contribution in [-0.4, -0.2) is 9.49 Å². The standard InChI is InChI=1S/C14H14BrFN2O2/c1-9(2)7-17-8-10(3-4-18(19)20)11-5-13(16)12(15)6-14(11)17/h3-6,8-9H,7H2,1-2H3/b4-3+. The highest BCUT2D eigenvalue weighted by molar-refractivity contribution is 9.10. The molecule has 106 valence electrons. The van der Waals surface area contributed by atoms with Crippen molar-refractivity contribution in [2.45, 2.75) is 20.4 Å². The van der Waals surface area contributed by atoms with Crippen molar-refractivity contribution in [2.75, 3.05) is 0 Å². The van der Waals surface area contributed by atoms with Gasteiger partial charge in [-0.15, -0.1) is 0 Å². The predicted molar refractivity (Wildman–Crippen MR) is 80.5 cm³/mol. The number of benzene rings is 1. The van der Waals surface area contributed by atoms with Gasteiger partial charge in [0.1, 0.15) is 5.82 Å². The molecule has 0 aliphatic carbocycles. The summed E-state index contributed by atoms with van der Waals surface area (Å²) in [6, 6.07) is 3.10. The monoisotopic (exact) mass is 340 g/mol. The molecule has 0 saturated heterocycles. The Labute approximate surface area is 124 Å². The van der Waals surface area contributed by atoms with E-state index >= 15 is 0 Å². The van der Waals surface area contributed by atoms with Crippen molar-refractivity contribution in [3.05, 3.63) is 50.5 Å². The summed E-state index contributed by atoms with van der Waals surface area (Å²) in [7, 11) is 0. The molecule has 0 aliphatic rings. The minimum Gasteiger partial charge on any atom is -0.347 e. The van der Waals surface area contributed by atoms with Gasteiger partial charge < -0.3 is 4.57 Å². The molecule has 2 rings (SSSR count). The van der Waals surface area contributed by atoms with Gasteiger partial charge in [-0.1, -0.05) is 13.8 Å². The van der Waals surface area contributed by atoms with Crippen LogP contribution in [-0.2, 0) is 6.54 Å². The summed E-state index contributed by atoms with van der Waals surface area (Å²) in [6.07, 6.45) is 4.08. The molecule has 0 unspecified atom stereocenters. The van der Waals surface area contributed by atoms with Crippen LogP contribution in [0.25, 0.3) is 17.0 Å². The lowest BCUT2D eigenvalue weighted by Gasteiger charge is -2.08. The number of nitro groups is 1. The topological polar surface area (TPSA) is 48.1 Å². The third-order valence-electron chi connectivity index (χ3n) is 2.89. The lowest BCUT2D eigenvalue weighted by molar-refractivity contribution is -0.400. The number of halogens is 2. The van der Waals surface area contributed by atoms with Crippen LogP contribution in [0.4, 0.5) is 4.39 Å². The first-order valence-electron chi connectivity index (χ1n) is 6.18. The zero-order valence-corrected chi connectivity index (χ0v) is 12.7. The first-order chi connectivity index (χ1) is 9.38. The highest BCUT2D eigenvalue weighted by Gasteiger charge is 2.12. The van der Waals surface area contributed by atoms with Gasteiger partial charge in [0.2, 0.25) is 6.20 Å². The van der Waals surface area contributed by atoms with Crippen molar-refractivity contribution in [1.82, 2.24) is 4.57 Å². The average molecular weight is 341 g/mol. The van der Waals surface area contributed by atoms with Crippen LogP contribution in [0.15, 0.2) is 29.0 Å². The Bertz CT molecular complexity index is 692. The van der Waals surface area contributed by atoms with Crippen LogP contribution in [0.5, 0.6) is 0 Å². The summed E-state index contributed by atoms with van der Waals surface area (Å²) < 4.78 is 16.1. The van der Waals surface area contributed by atoms with Gasteiger partial charge in [-0.25, -0.2) is 4.39 Å². The zero-order chi connectivity index (χ0) is 14.9. The molecule has 20 heavy (non-hydrogen) atoms. The minimum atomic E-state index is -0.527. The van der Waals surface area contributed by atoms with Crippen molar-refractivity contribution in [3.8, 4) is 0 Å². The average Bonchev–Trinajstić information content (AvgIpc) is 2.65. The van der Waals surface area contributed by atoms with Crippen LogP contribution >= 0.6 is 15.9 Å². The zero-order valence-electron chi connectivity index (χ0n) is 11.1. The fraction of sp³-hybridized carbons (Fsp3) is 0.286. The van der Waals surface area contributed by atoms with Crippen LogP contribution in [0.3, 0.4) is 0 Å². The summed E-state index contributed by atoms with van der Waals surface area (Å²) >= 11 is 3.17. The summed E-state index contributed by atoms with van der Waals surface area (Å²) in [5, 5.41) is 11.1. The largest absolute Gasteiger partial charge is 0.347 e. The maximum absolute atomic E-state index is 13.7. The summed E-state index contributed by atoms with van der Waals surface area (Å²) in [5.74, 6) is 0.0392. The molecule has 0 bridgehead atoms. The summed E-state index contributed by atoms with van der Waals surface area (Å²) in [4.78, 5) is 9.92. The fourth-order valence-electron chi connectivity index (χ4n) is 2.13. The van der Waals surface area contributed by atoms with Crippen molar-refractivity contribution >= 4 is 32.9 Å². The molecule has 0 spiro atoms. The molecule has 0 radical (unpaired) electrons. The van der Waals surface area contributed by atoms with Gasteiger partial charge in [0.15, 0.2) is 0 Å². The second-order valence-corrected chi connectivity index (χ2v) is 5.87. The van der Waals surface area contributed by atoms with Crippen LogP contribution in [0, 0.1) is 21.8 Å². The number of fused-ring (bicyclic) bond motifs is 1. The van der Waals surface area contributed by atoms with Gasteiger partial charge in [-0.2, -0.15) is 0 Å². The molecule has 4 nitrogen and oxygen atoms in total. The molecule has 0 aliphatic heterocycles. The molecular formula is C14H14BrFN2O2. The van der Waals surface area contributed by atoms with E-state index in [1.165, 1.54) is 12.1 Å². The van der Waals surface area contributed by atoms with Crippen LogP contribution < -0.4 is 0 Å². The Balaban J connectivity index is 2.62. The van der Waals surface area contributed by atoms with Crippen molar-refractivity contribution in [2.24, 2.45) is 5.92 Å². The van der Waals surface area contributed by atoms with E-state index in [2.05, 4.69) is 29.8 Å². The van der Waals surface area contributed by atoms with Crippen molar-refractivity contribution in [3.63, 3.8) is 0 Å². The second-order valence-electron chi connectivity index (χ2n) is 5.02. The number of hydrogen-bond donors (Lipinski definition) is 0. The number of aromatic nitrogens is 1. The van der Waals surface area contributed by atoms with E-state index in [1.807, 2.05) is 10.8 Å². The van der Waals surface area contributed by atoms with E-state index in [-0.39, 0.29) is 5.82 Å². The smallest absolute Gasteiger partial charge is 0.235 e. The van der Waals surface area contributed by atoms with Gasteiger partial charge in [-0.05, 0) is 34.0 Å². The van der Waals surface area contributed by atoms with Crippen molar-refractivity contribution < 1.29 is 9.31 Å². The fourth-order valence-corrected chi connectivity index (χ4v) is 2.46. The molecule has 2 aromatic rings. The number of rotatable bonds is 4. The van der Waals surface area contributed by atoms with Gasteiger partial charge in [0, 0.05) is 35.3 Å². The number of nitrogens with zero attached hydrogens (tertiary/aromatic N) is 2. The van der Waals surface area contributed by atoms with Crippen molar-refractivity contribution in [1.29, 1.82) is 0 Å². The lowest BCUT2D eigenvalue weighted by atomic mass is 10.1. The van der Waals surface area contributed by atoms with Crippen LogP contribution in [0.2, 0.25) is 0 Å². The summed E-state index contributed by atoms with van der Waals surface area (Å²) in [5.41, 5.74) is 1.50. The maximum atomic E-state index is 13.7. The van der Waals surface area contributed by atoms with Gasteiger partial charge >= 0.3 is 0 Å². The Morgan fingerprint density at radius 1 is 1.50 bits per heavy atom. The van der Waals surface area contributed by atoms with E-state index in [4.69, 9.17) is 0 Å². The first-order valence-corrected chi connectivity index (χ1v) is 6.97. The second kappa shape index (κ2) is 5.75. The third-order valence-corrected chi connectivity index (χ3v) is 3.50. The van der Waals surface area contributed by atoms with Gasteiger partial charge in [0.25, 0.3) is 0 Å².